The lowest BCUT2D eigenvalue weighted by Crippen LogP contribution is -2.38. The number of amides is 2. The minimum absolute atomic E-state index is 0.0128. The highest BCUT2D eigenvalue weighted by Crippen LogP contribution is 2.18. The van der Waals surface area contributed by atoms with Crippen LogP contribution in [0.2, 0.25) is 0 Å². The van der Waals surface area contributed by atoms with Crippen molar-refractivity contribution in [1.29, 1.82) is 0 Å². The number of carbonyl (C=O) groups excluding carboxylic acids is 2. The number of para-hydroxylation sites is 1. The Kier molecular flexibility index (Phi) is 5.69. The van der Waals surface area contributed by atoms with Crippen LogP contribution in [0.3, 0.4) is 0 Å². The molecule has 0 saturated carbocycles. The lowest BCUT2D eigenvalue weighted by molar-refractivity contribution is -0.128. The van der Waals surface area contributed by atoms with Gasteiger partial charge in [-0.2, -0.15) is 0 Å². The van der Waals surface area contributed by atoms with Crippen molar-refractivity contribution in [1.82, 2.24) is 15.2 Å². The zero-order chi connectivity index (χ0) is 18.4. The van der Waals surface area contributed by atoms with Crippen LogP contribution in [-0.2, 0) is 11.2 Å². The van der Waals surface area contributed by atoms with Gasteiger partial charge in [0, 0.05) is 49.2 Å². The summed E-state index contributed by atoms with van der Waals surface area (Å²) in [5, 5.41) is 4.06. The van der Waals surface area contributed by atoms with E-state index in [2.05, 4.69) is 16.4 Å². The second-order valence-electron chi connectivity index (χ2n) is 6.24. The number of aromatic nitrogens is 1. The van der Waals surface area contributed by atoms with Crippen molar-refractivity contribution in [3.8, 4) is 0 Å². The second-order valence-corrected chi connectivity index (χ2v) is 6.24. The van der Waals surface area contributed by atoms with E-state index in [1.807, 2.05) is 42.6 Å². The maximum atomic E-state index is 12.1. The first kappa shape index (κ1) is 17.7. The Morgan fingerprint density at radius 3 is 2.50 bits per heavy atom. The highest BCUT2D eigenvalue weighted by molar-refractivity contribution is 5.94. The van der Waals surface area contributed by atoms with Crippen LogP contribution in [0.4, 0.5) is 0 Å². The normalized spacial score (nSPS) is 10.7. The molecule has 5 heteroatoms. The number of nitrogens with zero attached hydrogens (tertiary/aromatic N) is 1. The Morgan fingerprint density at radius 2 is 1.73 bits per heavy atom. The molecule has 1 heterocycles. The minimum atomic E-state index is -0.120. The number of aromatic amines is 1. The first-order valence-electron chi connectivity index (χ1n) is 8.79. The van der Waals surface area contributed by atoms with Crippen LogP contribution in [0.25, 0.3) is 10.9 Å². The van der Waals surface area contributed by atoms with Crippen molar-refractivity contribution >= 4 is 22.7 Å². The summed E-state index contributed by atoms with van der Waals surface area (Å²) in [5.74, 6) is -0.107. The van der Waals surface area contributed by atoms with E-state index in [-0.39, 0.29) is 11.8 Å². The lowest BCUT2D eigenvalue weighted by atomic mass is 10.1. The molecule has 26 heavy (non-hydrogen) atoms. The van der Waals surface area contributed by atoms with E-state index in [9.17, 15) is 9.59 Å². The molecule has 5 nitrogen and oxygen atoms in total. The van der Waals surface area contributed by atoms with Gasteiger partial charge in [-0.3, -0.25) is 9.59 Å². The number of hydrogen-bond acceptors (Lipinski definition) is 2. The van der Waals surface area contributed by atoms with E-state index >= 15 is 0 Å². The van der Waals surface area contributed by atoms with E-state index in [0.29, 0.717) is 25.2 Å². The Bertz CT molecular complexity index is 886. The molecule has 0 bridgehead atoms. The van der Waals surface area contributed by atoms with E-state index in [1.54, 1.807) is 24.0 Å². The molecule has 0 aliphatic heterocycles. The maximum absolute atomic E-state index is 12.1. The minimum Gasteiger partial charge on any atom is -0.361 e. The van der Waals surface area contributed by atoms with Gasteiger partial charge in [0.25, 0.3) is 5.91 Å². The fraction of sp³-hybridized carbons (Fsp3) is 0.238. The third-order valence-electron chi connectivity index (χ3n) is 4.47. The molecule has 1 aromatic heterocycles. The van der Waals surface area contributed by atoms with Gasteiger partial charge in [-0.05, 0) is 30.2 Å². The molecule has 0 unspecified atom stereocenters. The summed E-state index contributed by atoms with van der Waals surface area (Å²) in [6.45, 7) is 3.12. The van der Waals surface area contributed by atoms with Crippen LogP contribution in [0.15, 0.2) is 60.8 Å². The predicted octanol–water partition coefficient (Wildman–Crippen LogP) is 2.99. The molecular formula is C21H23N3O2. The number of nitrogens with one attached hydrogen (secondary N) is 2. The summed E-state index contributed by atoms with van der Waals surface area (Å²) < 4.78 is 0. The Balaban J connectivity index is 1.53. The average Bonchev–Trinajstić information content (AvgIpc) is 3.08. The quantitative estimate of drug-likeness (QED) is 0.689. The number of rotatable bonds is 7. The smallest absolute Gasteiger partial charge is 0.251 e. The highest BCUT2D eigenvalue weighted by atomic mass is 16.2. The van der Waals surface area contributed by atoms with Crippen molar-refractivity contribution in [2.75, 3.05) is 19.6 Å². The first-order chi connectivity index (χ1) is 12.6. The lowest BCUT2D eigenvalue weighted by Gasteiger charge is -2.21. The molecule has 2 amide bonds. The Hall–Kier alpha value is -3.08. The van der Waals surface area contributed by atoms with Crippen LogP contribution < -0.4 is 5.32 Å². The SMILES string of the molecule is CC(=O)N(CCNC(=O)c1ccccc1)CCc1c[nH]c2ccccc12. The molecule has 0 spiro atoms. The number of hydrogen-bond donors (Lipinski definition) is 2. The molecule has 0 fully saturated rings. The van der Waals surface area contributed by atoms with E-state index in [4.69, 9.17) is 0 Å². The maximum Gasteiger partial charge on any atom is 0.251 e. The zero-order valence-electron chi connectivity index (χ0n) is 14.9. The number of H-pyrrole nitrogens is 1. The first-order valence-corrected chi connectivity index (χ1v) is 8.79. The number of fused-ring (bicyclic) bond motifs is 1. The fourth-order valence-corrected chi connectivity index (χ4v) is 3.02. The molecule has 0 aliphatic rings. The number of carbonyl (C=O) groups is 2. The van der Waals surface area contributed by atoms with E-state index < -0.39 is 0 Å². The van der Waals surface area contributed by atoms with Gasteiger partial charge in [0.15, 0.2) is 0 Å². The molecule has 2 aromatic carbocycles. The second kappa shape index (κ2) is 8.34. The molecule has 3 aromatic rings. The van der Waals surface area contributed by atoms with Crippen molar-refractivity contribution < 1.29 is 9.59 Å². The zero-order valence-corrected chi connectivity index (χ0v) is 14.9. The Morgan fingerprint density at radius 1 is 1.00 bits per heavy atom. The van der Waals surface area contributed by atoms with Gasteiger partial charge in [0.05, 0.1) is 0 Å². The van der Waals surface area contributed by atoms with Crippen molar-refractivity contribution in [2.45, 2.75) is 13.3 Å². The Labute approximate surface area is 153 Å². The molecule has 0 saturated heterocycles. The van der Waals surface area contributed by atoms with Crippen LogP contribution in [0, 0.1) is 0 Å². The van der Waals surface area contributed by atoms with Gasteiger partial charge in [-0.1, -0.05) is 36.4 Å². The van der Waals surface area contributed by atoms with Gasteiger partial charge in [0.1, 0.15) is 0 Å². The monoisotopic (exact) mass is 349 g/mol. The summed E-state index contributed by atoms with van der Waals surface area (Å²) in [7, 11) is 0. The van der Waals surface area contributed by atoms with Crippen molar-refractivity contribution in [2.24, 2.45) is 0 Å². The molecule has 0 aliphatic carbocycles. The van der Waals surface area contributed by atoms with Gasteiger partial charge in [0.2, 0.25) is 5.91 Å². The van der Waals surface area contributed by atoms with Crippen LogP contribution >= 0.6 is 0 Å². The van der Waals surface area contributed by atoms with Crippen molar-refractivity contribution in [3.05, 3.63) is 71.9 Å². The van der Waals surface area contributed by atoms with Crippen LogP contribution in [0.5, 0.6) is 0 Å². The number of benzene rings is 2. The topological polar surface area (TPSA) is 65.2 Å². The summed E-state index contributed by atoms with van der Waals surface area (Å²) in [6.07, 6.45) is 2.77. The van der Waals surface area contributed by atoms with E-state index in [1.165, 1.54) is 10.9 Å². The summed E-state index contributed by atoms with van der Waals surface area (Å²) in [6, 6.07) is 17.2. The van der Waals surface area contributed by atoms with Gasteiger partial charge >= 0.3 is 0 Å². The average molecular weight is 349 g/mol. The summed E-state index contributed by atoms with van der Waals surface area (Å²) in [5.41, 5.74) is 2.92. The molecular weight excluding hydrogens is 326 g/mol. The molecule has 2 N–H and O–H groups in total. The third-order valence-corrected chi connectivity index (χ3v) is 4.47. The van der Waals surface area contributed by atoms with Gasteiger partial charge in [-0.15, -0.1) is 0 Å². The third kappa shape index (κ3) is 4.30. The molecule has 3 rings (SSSR count). The van der Waals surface area contributed by atoms with Gasteiger partial charge < -0.3 is 15.2 Å². The summed E-state index contributed by atoms with van der Waals surface area (Å²) in [4.78, 5) is 29.0. The van der Waals surface area contributed by atoms with E-state index in [0.717, 1.165) is 11.9 Å². The van der Waals surface area contributed by atoms with Crippen molar-refractivity contribution in [3.63, 3.8) is 0 Å². The standard InChI is InChI=1S/C21H23N3O2/c1-16(25)24(14-12-22-21(26)17-7-3-2-4-8-17)13-11-18-15-23-20-10-6-5-9-19(18)20/h2-10,15,23H,11-14H2,1H3,(H,22,26). The fourth-order valence-electron chi connectivity index (χ4n) is 3.02. The molecule has 134 valence electrons. The molecule has 0 radical (unpaired) electrons. The van der Waals surface area contributed by atoms with Gasteiger partial charge in [-0.25, -0.2) is 0 Å². The highest BCUT2D eigenvalue weighted by Gasteiger charge is 2.11. The summed E-state index contributed by atoms with van der Waals surface area (Å²) >= 11 is 0. The largest absolute Gasteiger partial charge is 0.361 e. The molecule has 0 atom stereocenters. The van der Waals surface area contributed by atoms with Crippen LogP contribution in [-0.4, -0.2) is 41.3 Å². The van der Waals surface area contributed by atoms with Crippen LogP contribution in [0.1, 0.15) is 22.8 Å². The predicted molar refractivity (Wildman–Crippen MR) is 103 cm³/mol.